The molecule has 19 heavy (non-hydrogen) atoms. The third kappa shape index (κ3) is 3.01. The fourth-order valence-electron chi connectivity index (χ4n) is 5.04. The molecule has 1 aliphatic heterocycles. The Morgan fingerprint density at radius 1 is 0.842 bits per heavy atom. The lowest BCUT2D eigenvalue weighted by Gasteiger charge is -2.56. The Balaban J connectivity index is 3.35. The third-order valence-electron chi connectivity index (χ3n) is 5.53. The van der Waals surface area contributed by atoms with E-state index in [1.165, 1.54) is 25.8 Å². The lowest BCUT2D eigenvalue weighted by molar-refractivity contribution is -0.0712. The van der Waals surface area contributed by atoms with E-state index in [-0.39, 0.29) is 0 Å². The summed E-state index contributed by atoms with van der Waals surface area (Å²) in [5.41, 5.74) is 0.374. The first kappa shape index (κ1) is 17.0. The summed E-state index contributed by atoms with van der Waals surface area (Å²) in [6, 6.07) is 0.657. The van der Waals surface area contributed by atoms with E-state index in [4.69, 9.17) is 0 Å². The van der Waals surface area contributed by atoms with Crippen LogP contribution in [-0.2, 0) is 0 Å². The number of likely N-dealkylation sites (tertiary alicyclic amines) is 1. The molecule has 0 radical (unpaired) electrons. The predicted molar refractivity (Wildman–Crippen MR) is 86.4 cm³/mol. The van der Waals surface area contributed by atoms with E-state index in [1.807, 2.05) is 0 Å². The molecule has 0 aromatic rings. The van der Waals surface area contributed by atoms with Crippen molar-refractivity contribution >= 4 is 0 Å². The molecular formula is C18H37N. The Morgan fingerprint density at radius 2 is 1.37 bits per heavy atom. The molecule has 1 heteroatoms. The van der Waals surface area contributed by atoms with Gasteiger partial charge in [-0.05, 0) is 56.9 Å². The third-order valence-corrected chi connectivity index (χ3v) is 5.53. The molecule has 0 aromatic heterocycles. The topological polar surface area (TPSA) is 3.24 Å². The van der Waals surface area contributed by atoms with Gasteiger partial charge in [-0.25, -0.2) is 0 Å². The SMILES string of the molecule is CC(C)C1CCCCN(C(C)C)C1(C(C)C)C(C)C. The van der Waals surface area contributed by atoms with Crippen LogP contribution in [0.5, 0.6) is 0 Å². The highest BCUT2D eigenvalue weighted by Crippen LogP contribution is 2.47. The van der Waals surface area contributed by atoms with Crippen LogP contribution in [0, 0.1) is 23.7 Å². The Labute approximate surface area is 122 Å². The van der Waals surface area contributed by atoms with Crippen molar-refractivity contribution in [2.75, 3.05) is 6.54 Å². The molecule has 1 atom stereocenters. The maximum Gasteiger partial charge on any atom is 0.0288 e. The van der Waals surface area contributed by atoms with Crippen LogP contribution >= 0.6 is 0 Å². The fraction of sp³-hybridized carbons (Fsp3) is 1.00. The van der Waals surface area contributed by atoms with Crippen molar-refractivity contribution in [1.82, 2.24) is 4.90 Å². The molecule has 1 nitrogen and oxygen atoms in total. The molecular weight excluding hydrogens is 230 g/mol. The summed E-state index contributed by atoms with van der Waals surface area (Å²) in [6.45, 7) is 20.8. The summed E-state index contributed by atoms with van der Waals surface area (Å²) in [7, 11) is 0. The van der Waals surface area contributed by atoms with Gasteiger partial charge in [0, 0.05) is 11.6 Å². The van der Waals surface area contributed by atoms with E-state index in [0.29, 0.717) is 11.6 Å². The second-order valence-electron chi connectivity index (χ2n) is 7.83. The molecule has 0 spiro atoms. The van der Waals surface area contributed by atoms with Crippen LogP contribution in [0.15, 0.2) is 0 Å². The van der Waals surface area contributed by atoms with Gasteiger partial charge >= 0.3 is 0 Å². The molecule has 114 valence electrons. The molecule has 0 aliphatic carbocycles. The minimum Gasteiger partial charge on any atom is -0.294 e. The molecule has 1 aliphatic rings. The maximum atomic E-state index is 2.86. The minimum absolute atomic E-state index is 0.374. The average Bonchev–Trinajstić information content (AvgIpc) is 2.47. The van der Waals surface area contributed by atoms with Crippen molar-refractivity contribution in [1.29, 1.82) is 0 Å². The lowest BCUT2D eigenvalue weighted by atomic mass is 9.62. The number of rotatable bonds is 4. The molecule has 0 bridgehead atoms. The Kier molecular flexibility index (Phi) is 5.92. The summed E-state index contributed by atoms with van der Waals surface area (Å²) >= 11 is 0. The highest BCUT2D eigenvalue weighted by Gasteiger charge is 2.50. The summed E-state index contributed by atoms with van der Waals surface area (Å²) < 4.78 is 0. The van der Waals surface area contributed by atoms with E-state index in [2.05, 4.69) is 60.3 Å². The first-order valence-electron chi connectivity index (χ1n) is 8.52. The molecule has 0 amide bonds. The Bertz CT molecular complexity index is 237. The van der Waals surface area contributed by atoms with Crippen LogP contribution in [0.2, 0.25) is 0 Å². The van der Waals surface area contributed by atoms with E-state index in [1.54, 1.807) is 0 Å². The summed E-state index contributed by atoms with van der Waals surface area (Å²) in [5, 5.41) is 0. The van der Waals surface area contributed by atoms with Gasteiger partial charge in [0.25, 0.3) is 0 Å². The Hall–Kier alpha value is -0.0400. The quantitative estimate of drug-likeness (QED) is 0.676. The van der Waals surface area contributed by atoms with Gasteiger partial charge in [-0.1, -0.05) is 48.0 Å². The monoisotopic (exact) mass is 267 g/mol. The summed E-state index contributed by atoms with van der Waals surface area (Å²) in [4.78, 5) is 2.86. The van der Waals surface area contributed by atoms with E-state index in [9.17, 15) is 0 Å². The van der Waals surface area contributed by atoms with Gasteiger partial charge in [-0.15, -0.1) is 0 Å². The van der Waals surface area contributed by atoms with E-state index >= 15 is 0 Å². The van der Waals surface area contributed by atoms with Crippen LogP contribution < -0.4 is 0 Å². The number of nitrogens with zero attached hydrogens (tertiary/aromatic N) is 1. The second-order valence-corrected chi connectivity index (χ2v) is 7.83. The molecule has 0 N–H and O–H groups in total. The van der Waals surface area contributed by atoms with Gasteiger partial charge in [-0.3, -0.25) is 4.90 Å². The van der Waals surface area contributed by atoms with Crippen LogP contribution in [0.1, 0.15) is 74.7 Å². The van der Waals surface area contributed by atoms with Crippen LogP contribution in [0.3, 0.4) is 0 Å². The van der Waals surface area contributed by atoms with Crippen molar-refractivity contribution in [3.63, 3.8) is 0 Å². The molecule has 1 heterocycles. The summed E-state index contributed by atoms with van der Waals surface area (Å²) in [6.07, 6.45) is 4.20. The van der Waals surface area contributed by atoms with Crippen molar-refractivity contribution in [3.8, 4) is 0 Å². The molecule has 1 rings (SSSR count). The van der Waals surface area contributed by atoms with Gasteiger partial charge < -0.3 is 0 Å². The van der Waals surface area contributed by atoms with Gasteiger partial charge in [-0.2, -0.15) is 0 Å². The molecule has 1 fully saturated rings. The van der Waals surface area contributed by atoms with Crippen molar-refractivity contribution in [3.05, 3.63) is 0 Å². The normalized spacial score (nSPS) is 25.6. The van der Waals surface area contributed by atoms with Gasteiger partial charge in [0.15, 0.2) is 0 Å². The zero-order valence-corrected chi connectivity index (χ0v) is 14.7. The van der Waals surface area contributed by atoms with Crippen molar-refractivity contribution in [2.24, 2.45) is 23.7 Å². The molecule has 1 saturated heterocycles. The standard InChI is InChI=1S/C18H37N/c1-13(2)17-11-9-10-12-19(16(7)8)18(17,14(3)4)15(5)6/h13-17H,9-12H2,1-8H3. The summed E-state index contributed by atoms with van der Waals surface area (Å²) in [5.74, 6) is 3.06. The Morgan fingerprint density at radius 3 is 1.74 bits per heavy atom. The van der Waals surface area contributed by atoms with E-state index in [0.717, 1.165) is 23.7 Å². The first-order valence-corrected chi connectivity index (χ1v) is 8.52. The van der Waals surface area contributed by atoms with Crippen molar-refractivity contribution in [2.45, 2.75) is 86.2 Å². The number of hydrogen-bond acceptors (Lipinski definition) is 1. The predicted octanol–water partition coefficient (Wildman–Crippen LogP) is 5.20. The largest absolute Gasteiger partial charge is 0.294 e. The number of hydrogen-bond donors (Lipinski definition) is 0. The van der Waals surface area contributed by atoms with Gasteiger partial charge in [0.05, 0.1) is 0 Å². The average molecular weight is 268 g/mol. The highest BCUT2D eigenvalue weighted by atomic mass is 15.2. The first-order chi connectivity index (χ1) is 8.76. The zero-order valence-electron chi connectivity index (χ0n) is 14.7. The van der Waals surface area contributed by atoms with Crippen LogP contribution in [0.25, 0.3) is 0 Å². The van der Waals surface area contributed by atoms with Crippen LogP contribution in [-0.4, -0.2) is 23.0 Å². The molecule has 0 aromatic carbocycles. The van der Waals surface area contributed by atoms with Crippen LogP contribution in [0.4, 0.5) is 0 Å². The smallest absolute Gasteiger partial charge is 0.0288 e. The lowest BCUT2D eigenvalue weighted by Crippen LogP contribution is -2.63. The van der Waals surface area contributed by atoms with Crippen molar-refractivity contribution < 1.29 is 0 Å². The molecule has 1 unspecified atom stereocenters. The maximum absolute atomic E-state index is 2.86. The highest BCUT2D eigenvalue weighted by molar-refractivity contribution is 5.04. The zero-order chi connectivity index (χ0) is 14.8. The second kappa shape index (κ2) is 6.61. The molecule has 0 saturated carbocycles. The minimum atomic E-state index is 0.374. The van der Waals surface area contributed by atoms with Gasteiger partial charge in [0.2, 0.25) is 0 Å². The van der Waals surface area contributed by atoms with E-state index < -0.39 is 0 Å². The van der Waals surface area contributed by atoms with Gasteiger partial charge in [0.1, 0.15) is 0 Å². The fourth-order valence-corrected chi connectivity index (χ4v) is 5.04.